The third-order valence-electron chi connectivity index (χ3n) is 2.88. The second-order valence-corrected chi connectivity index (χ2v) is 6.14. The van der Waals surface area contributed by atoms with Gasteiger partial charge in [0, 0.05) is 15.9 Å². The van der Waals surface area contributed by atoms with E-state index < -0.39 is 5.97 Å². The predicted octanol–water partition coefficient (Wildman–Crippen LogP) is 5.06. The normalized spacial score (nSPS) is 10.7. The highest BCUT2D eigenvalue weighted by Gasteiger charge is 2.11. The highest BCUT2D eigenvalue weighted by molar-refractivity contribution is 9.10. The molecule has 0 amide bonds. The van der Waals surface area contributed by atoms with Gasteiger partial charge in [-0.1, -0.05) is 25.4 Å². The van der Waals surface area contributed by atoms with Gasteiger partial charge in [0.05, 0.1) is 10.6 Å². The molecule has 0 bridgehead atoms. The molecule has 1 aromatic carbocycles. The minimum absolute atomic E-state index is 0.137. The van der Waals surface area contributed by atoms with E-state index in [0.29, 0.717) is 10.8 Å². The van der Waals surface area contributed by atoms with Crippen LogP contribution in [0.25, 0.3) is 0 Å². The van der Waals surface area contributed by atoms with Crippen molar-refractivity contribution < 1.29 is 9.90 Å². The van der Waals surface area contributed by atoms with Crippen LogP contribution in [-0.4, -0.2) is 16.1 Å². The zero-order chi connectivity index (χ0) is 15.6. The molecule has 6 heteroatoms. The molecule has 2 rings (SSSR count). The molecule has 110 valence electrons. The van der Waals surface area contributed by atoms with E-state index in [2.05, 4.69) is 26.2 Å². The van der Waals surface area contributed by atoms with Crippen LogP contribution in [-0.2, 0) is 0 Å². The number of nitrogens with zero attached hydrogens (tertiary/aromatic N) is 1. The number of carboxylic acids is 1. The summed E-state index contributed by atoms with van der Waals surface area (Å²) in [7, 11) is 0. The van der Waals surface area contributed by atoms with Crippen molar-refractivity contribution >= 4 is 45.0 Å². The summed E-state index contributed by atoms with van der Waals surface area (Å²) in [4.78, 5) is 15.6. The Morgan fingerprint density at radius 1 is 1.33 bits per heavy atom. The van der Waals surface area contributed by atoms with Crippen LogP contribution < -0.4 is 5.32 Å². The fraction of sp³-hybridized carbons (Fsp3) is 0.200. The number of benzene rings is 1. The molecule has 0 spiro atoms. The molecule has 1 heterocycles. The number of anilines is 2. The molecule has 2 N–H and O–H groups in total. The number of carboxylic acid groups (broad SMARTS) is 1. The Balaban J connectivity index is 2.38. The Morgan fingerprint density at radius 2 is 2.05 bits per heavy atom. The first kappa shape index (κ1) is 15.8. The standard InChI is InChI=1S/C15H14BrClN2O2/c1-8(2)13-5-9(15(20)21)6-14(19-13)18-10-3-4-11(16)12(17)7-10/h3-8H,1-2H3,(H,18,19)(H,20,21). The zero-order valence-corrected chi connectivity index (χ0v) is 13.9. The Bertz CT molecular complexity index is 689. The number of halogens is 2. The smallest absolute Gasteiger partial charge is 0.335 e. The Hall–Kier alpha value is -1.59. The van der Waals surface area contributed by atoms with E-state index in [1.54, 1.807) is 12.1 Å². The topological polar surface area (TPSA) is 62.2 Å². The second-order valence-electron chi connectivity index (χ2n) is 4.88. The van der Waals surface area contributed by atoms with Crippen LogP contribution in [0.5, 0.6) is 0 Å². The van der Waals surface area contributed by atoms with Crippen molar-refractivity contribution in [3.8, 4) is 0 Å². The SMILES string of the molecule is CC(C)c1cc(C(=O)O)cc(Nc2ccc(Br)c(Cl)c2)n1. The quantitative estimate of drug-likeness (QED) is 0.790. The maximum atomic E-state index is 11.2. The van der Waals surface area contributed by atoms with Crippen molar-refractivity contribution in [2.24, 2.45) is 0 Å². The van der Waals surface area contributed by atoms with Gasteiger partial charge in [-0.15, -0.1) is 0 Å². The molecular weight excluding hydrogens is 356 g/mol. The van der Waals surface area contributed by atoms with E-state index in [-0.39, 0.29) is 11.5 Å². The maximum absolute atomic E-state index is 11.2. The number of aromatic carboxylic acids is 1. The monoisotopic (exact) mass is 368 g/mol. The van der Waals surface area contributed by atoms with Gasteiger partial charge in [-0.2, -0.15) is 0 Å². The largest absolute Gasteiger partial charge is 0.478 e. The molecule has 0 atom stereocenters. The summed E-state index contributed by atoms with van der Waals surface area (Å²) in [6.07, 6.45) is 0. The molecule has 0 aliphatic carbocycles. The highest BCUT2D eigenvalue weighted by atomic mass is 79.9. The van der Waals surface area contributed by atoms with Crippen molar-refractivity contribution in [1.29, 1.82) is 0 Å². The molecule has 0 aliphatic rings. The average Bonchev–Trinajstić information content (AvgIpc) is 2.42. The number of hydrogen-bond donors (Lipinski definition) is 2. The Morgan fingerprint density at radius 3 is 2.62 bits per heavy atom. The minimum Gasteiger partial charge on any atom is -0.478 e. The minimum atomic E-state index is -0.976. The second kappa shape index (κ2) is 6.45. The molecule has 2 aromatic rings. The Kier molecular flexibility index (Phi) is 4.85. The first-order chi connectivity index (χ1) is 9.86. The van der Waals surface area contributed by atoms with E-state index in [0.717, 1.165) is 15.9 Å². The summed E-state index contributed by atoms with van der Waals surface area (Å²) >= 11 is 9.37. The lowest BCUT2D eigenvalue weighted by Crippen LogP contribution is -2.04. The third kappa shape index (κ3) is 3.95. The number of rotatable bonds is 4. The van der Waals surface area contributed by atoms with Crippen LogP contribution in [0.1, 0.15) is 35.8 Å². The molecular formula is C15H14BrClN2O2. The number of pyridine rings is 1. The van der Waals surface area contributed by atoms with Gasteiger partial charge in [-0.3, -0.25) is 0 Å². The van der Waals surface area contributed by atoms with Gasteiger partial charge >= 0.3 is 5.97 Å². The van der Waals surface area contributed by atoms with Gasteiger partial charge in [-0.25, -0.2) is 9.78 Å². The van der Waals surface area contributed by atoms with E-state index >= 15 is 0 Å². The summed E-state index contributed by atoms with van der Waals surface area (Å²) in [6.45, 7) is 3.93. The molecule has 21 heavy (non-hydrogen) atoms. The van der Waals surface area contributed by atoms with Crippen molar-refractivity contribution in [3.05, 3.63) is 51.1 Å². The molecule has 0 fully saturated rings. The average molecular weight is 370 g/mol. The van der Waals surface area contributed by atoms with Crippen molar-refractivity contribution in [1.82, 2.24) is 4.98 Å². The molecule has 4 nitrogen and oxygen atoms in total. The van der Waals surface area contributed by atoms with E-state index in [4.69, 9.17) is 11.6 Å². The van der Waals surface area contributed by atoms with Crippen LogP contribution in [0.15, 0.2) is 34.8 Å². The molecule has 0 radical (unpaired) electrons. The predicted molar refractivity (Wildman–Crippen MR) is 87.7 cm³/mol. The first-order valence-corrected chi connectivity index (χ1v) is 7.51. The summed E-state index contributed by atoms with van der Waals surface area (Å²) in [5.41, 5.74) is 1.67. The van der Waals surface area contributed by atoms with Gasteiger partial charge in [0.2, 0.25) is 0 Å². The van der Waals surface area contributed by atoms with Crippen molar-refractivity contribution in [2.45, 2.75) is 19.8 Å². The summed E-state index contributed by atoms with van der Waals surface area (Å²) in [5, 5.41) is 12.8. The van der Waals surface area contributed by atoms with Gasteiger partial charge in [0.25, 0.3) is 0 Å². The fourth-order valence-corrected chi connectivity index (χ4v) is 2.18. The van der Waals surface area contributed by atoms with Gasteiger partial charge in [-0.05, 0) is 52.2 Å². The fourth-order valence-electron chi connectivity index (χ4n) is 1.76. The maximum Gasteiger partial charge on any atom is 0.335 e. The number of carbonyl (C=O) groups is 1. The first-order valence-electron chi connectivity index (χ1n) is 6.34. The van der Waals surface area contributed by atoms with Crippen LogP contribution in [0.3, 0.4) is 0 Å². The third-order valence-corrected chi connectivity index (χ3v) is 4.11. The van der Waals surface area contributed by atoms with Crippen LogP contribution in [0, 0.1) is 0 Å². The summed E-state index contributed by atoms with van der Waals surface area (Å²) in [5.74, 6) is -0.355. The van der Waals surface area contributed by atoms with Gasteiger partial charge in [0.1, 0.15) is 5.82 Å². The highest BCUT2D eigenvalue weighted by Crippen LogP contribution is 2.27. The number of nitrogens with one attached hydrogen (secondary N) is 1. The summed E-state index contributed by atoms with van der Waals surface area (Å²) < 4.78 is 0.796. The summed E-state index contributed by atoms with van der Waals surface area (Å²) in [6, 6.07) is 8.49. The van der Waals surface area contributed by atoms with E-state index in [1.807, 2.05) is 26.0 Å². The van der Waals surface area contributed by atoms with Crippen LogP contribution in [0.4, 0.5) is 11.5 Å². The van der Waals surface area contributed by atoms with E-state index in [9.17, 15) is 9.90 Å². The van der Waals surface area contributed by atoms with Crippen LogP contribution >= 0.6 is 27.5 Å². The van der Waals surface area contributed by atoms with Gasteiger partial charge in [0.15, 0.2) is 0 Å². The van der Waals surface area contributed by atoms with Crippen molar-refractivity contribution in [2.75, 3.05) is 5.32 Å². The molecule has 0 saturated carbocycles. The lowest BCUT2D eigenvalue weighted by atomic mass is 10.1. The van der Waals surface area contributed by atoms with E-state index in [1.165, 1.54) is 6.07 Å². The molecule has 1 aromatic heterocycles. The van der Waals surface area contributed by atoms with Gasteiger partial charge < -0.3 is 10.4 Å². The number of hydrogen-bond acceptors (Lipinski definition) is 3. The lowest BCUT2D eigenvalue weighted by Gasteiger charge is -2.11. The van der Waals surface area contributed by atoms with Crippen molar-refractivity contribution in [3.63, 3.8) is 0 Å². The number of aromatic nitrogens is 1. The molecule has 0 aliphatic heterocycles. The zero-order valence-electron chi connectivity index (χ0n) is 11.5. The molecule has 0 saturated heterocycles. The molecule has 0 unspecified atom stereocenters. The lowest BCUT2D eigenvalue weighted by molar-refractivity contribution is 0.0696. The Labute approximate surface area is 136 Å². The van der Waals surface area contributed by atoms with Crippen LogP contribution in [0.2, 0.25) is 5.02 Å².